The number of nitrogens with zero attached hydrogens (tertiary/aromatic N) is 2. The molecule has 19 heavy (non-hydrogen) atoms. The molecule has 0 bridgehead atoms. The predicted molar refractivity (Wildman–Crippen MR) is 79.9 cm³/mol. The minimum Gasteiger partial charge on any atom is -0.377 e. The SMILES string of the molecule is CN(CCNS(C)(=O)=O)Cc1ccccc1N(C)C. The molecule has 0 amide bonds. The Balaban J connectivity index is 2.55. The smallest absolute Gasteiger partial charge is 0.208 e. The third-order valence-electron chi connectivity index (χ3n) is 2.77. The molecule has 0 unspecified atom stereocenters. The second-order valence-electron chi connectivity index (χ2n) is 4.93. The minimum absolute atomic E-state index is 0.430. The Morgan fingerprint density at radius 1 is 1.16 bits per heavy atom. The van der Waals surface area contributed by atoms with Crippen LogP contribution in [0.1, 0.15) is 5.56 Å². The molecule has 6 heteroatoms. The number of sulfonamides is 1. The lowest BCUT2D eigenvalue weighted by atomic mass is 10.1. The molecule has 0 saturated heterocycles. The van der Waals surface area contributed by atoms with Crippen LogP contribution in [0.5, 0.6) is 0 Å². The van der Waals surface area contributed by atoms with E-state index in [4.69, 9.17) is 0 Å². The average Bonchev–Trinajstić information content (AvgIpc) is 2.27. The molecule has 1 N–H and O–H groups in total. The Kier molecular flexibility index (Phi) is 5.78. The number of likely N-dealkylation sites (N-methyl/N-ethyl adjacent to an activating group) is 1. The Morgan fingerprint density at radius 3 is 2.37 bits per heavy atom. The highest BCUT2D eigenvalue weighted by Gasteiger charge is 2.07. The number of benzene rings is 1. The van der Waals surface area contributed by atoms with E-state index in [1.807, 2.05) is 33.3 Å². The van der Waals surface area contributed by atoms with Crippen molar-refractivity contribution >= 4 is 15.7 Å². The molecular formula is C13H23N3O2S. The fourth-order valence-corrected chi connectivity index (χ4v) is 2.33. The van der Waals surface area contributed by atoms with Gasteiger partial charge in [-0.15, -0.1) is 0 Å². The van der Waals surface area contributed by atoms with Crippen LogP contribution in [0.25, 0.3) is 0 Å². The Bertz CT molecular complexity index is 500. The second-order valence-corrected chi connectivity index (χ2v) is 6.76. The second kappa shape index (κ2) is 6.88. The van der Waals surface area contributed by atoms with Gasteiger partial charge < -0.3 is 9.80 Å². The molecule has 0 aliphatic heterocycles. The number of hydrogen-bond acceptors (Lipinski definition) is 4. The Labute approximate surface area is 116 Å². The zero-order chi connectivity index (χ0) is 14.5. The predicted octanol–water partition coefficient (Wildman–Crippen LogP) is 0.734. The molecule has 1 rings (SSSR count). The van der Waals surface area contributed by atoms with Crippen molar-refractivity contribution in [2.75, 3.05) is 45.4 Å². The van der Waals surface area contributed by atoms with Gasteiger partial charge in [-0.05, 0) is 18.7 Å². The van der Waals surface area contributed by atoms with Crippen molar-refractivity contribution in [1.82, 2.24) is 9.62 Å². The van der Waals surface area contributed by atoms with Crippen molar-refractivity contribution in [3.8, 4) is 0 Å². The van der Waals surface area contributed by atoms with Crippen LogP contribution in [0, 0.1) is 0 Å². The first-order chi connectivity index (χ1) is 8.79. The summed E-state index contributed by atoms with van der Waals surface area (Å²) in [6.07, 6.45) is 1.17. The van der Waals surface area contributed by atoms with E-state index in [2.05, 4.69) is 26.7 Å². The normalized spacial score (nSPS) is 11.8. The number of nitrogens with one attached hydrogen (secondary N) is 1. The molecule has 0 radical (unpaired) electrons. The van der Waals surface area contributed by atoms with E-state index in [0.29, 0.717) is 13.1 Å². The first kappa shape index (κ1) is 15.9. The van der Waals surface area contributed by atoms with E-state index in [1.54, 1.807) is 0 Å². The maximum Gasteiger partial charge on any atom is 0.208 e. The van der Waals surface area contributed by atoms with Crippen molar-refractivity contribution in [2.45, 2.75) is 6.54 Å². The number of hydrogen-bond donors (Lipinski definition) is 1. The number of anilines is 1. The number of para-hydroxylation sites is 1. The largest absolute Gasteiger partial charge is 0.377 e. The van der Waals surface area contributed by atoms with Gasteiger partial charge in [0.25, 0.3) is 0 Å². The monoisotopic (exact) mass is 285 g/mol. The van der Waals surface area contributed by atoms with Gasteiger partial charge in [0.05, 0.1) is 6.26 Å². The van der Waals surface area contributed by atoms with Gasteiger partial charge in [-0.25, -0.2) is 13.1 Å². The van der Waals surface area contributed by atoms with Crippen molar-refractivity contribution in [1.29, 1.82) is 0 Å². The minimum atomic E-state index is -3.10. The fraction of sp³-hybridized carbons (Fsp3) is 0.538. The highest BCUT2D eigenvalue weighted by molar-refractivity contribution is 7.88. The molecule has 0 saturated carbocycles. The van der Waals surface area contributed by atoms with Crippen LogP contribution < -0.4 is 9.62 Å². The molecule has 1 aromatic rings. The Morgan fingerprint density at radius 2 is 1.79 bits per heavy atom. The first-order valence-corrected chi connectivity index (χ1v) is 8.07. The third kappa shape index (κ3) is 6.04. The maximum absolute atomic E-state index is 11.0. The van der Waals surface area contributed by atoms with Crippen LogP contribution in [0.3, 0.4) is 0 Å². The van der Waals surface area contributed by atoms with Crippen LogP contribution >= 0.6 is 0 Å². The van der Waals surface area contributed by atoms with Crippen molar-refractivity contribution in [3.05, 3.63) is 29.8 Å². The number of rotatable bonds is 7. The molecule has 0 atom stereocenters. The summed E-state index contributed by atoms with van der Waals surface area (Å²) in [5.74, 6) is 0. The topological polar surface area (TPSA) is 52.7 Å². The first-order valence-electron chi connectivity index (χ1n) is 6.18. The van der Waals surface area contributed by atoms with Crippen LogP contribution in [0.2, 0.25) is 0 Å². The summed E-state index contributed by atoms with van der Waals surface area (Å²) in [6.45, 7) is 1.90. The van der Waals surface area contributed by atoms with Gasteiger partial charge in [0.1, 0.15) is 0 Å². The van der Waals surface area contributed by atoms with Gasteiger partial charge in [-0.1, -0.05) is 18.2 Å². The summed E-state index contributed by atoms with van der Waals surface area (Å²) in [5, 5.41) is 0. The van der Waals surface area contributed by atoms with Gasteiger partial charge in [-0.3, -0.25) is 0 Å². The average molecular weight is 285 g/mol. The summed E-state index contributed by atoms with van der Waals surface area (Å²) in [5.41, 5.74) is 2.42. The van der Waals surface area contributed by atoms with E-state index in [0.717, 1.165) is 6.54 Å². The van der Waals surface area contributed by atoms with Crippen molar-refractivity contribution in [2.24, 2.45) is 0 Å². The molecule has 108 valence electrons. The molecule has 5 nitrogen and oxygen atoms in total. The zero-order valence-corrected chi connectivity index (χ0v) is 12.9. The fourth-order valence-electron chi connectivity index (χ4n) is 1.87. The van der Waals surface area contributed by atoms with E-state index >= 15 is 0 Å². The molecule has 0 aromatic heterocycles. The lowest BCUT2D eigenvalue weighted by Crippen LogP contribution is -2.32. The van der Waals surface area contributed by atoms with Crippen LogP contribution in [-0.2, 0) is 16.6 Å². The van der Waals surface area contributed by atoms with Crippen molar-refractivity contribution in [3.63, 3.8) is 0 Å². The molecule has 0 heterocycles. The highest BCUT2D eigenvalue weighted by atomic mass is 32.2. The third-order valence-corrected chi connectivity index (χ3v) is 3.50. The van der Waals surface area contributed by atoms with Gasteiger partial charge in [0, 0.05) is 39.4 Å². The summed E-state index contributed by atoms with van der Waals surface area (Å²) in [4.78, 5) is 4.18. The zero-order valence-electron chi connectivity index (χ0n) is 12.0. The van der Waals surface area contributed by atoms with Gasteiger partial charge >= 0.3 is 0 Å². The van der Waals surface area contributed by atoms with Crippen LogP contribution in [-0.4, -0.2) is 53.8 Å². The lowest BCUT2D eigenvalue weighted by molar-refractivity contribution is 0.332. The van der Waals surface area contributed by atoms with E-state index in [9.17, 15) is 8.42 Å². The highest BCUT2D eigenvalue weighted by Crippen LogP contribution is 2.18. The van der Waals surface area contributed by atoms with Crippen LogP contribution in [0.15, 0.2) is 24.3 Å². The summed E-state index contributed by atoms with van der Waals surface area (Å²) < 4.78 is 24.5. The molecular weight excluding hydrogens is 262 g/mol. The quantitative estimate of drug-likeness (QED) is 0.802. The molecule has 0 aliphatic rings. The summed E-state index contributed by atoms with van der Waals surface area (Å²) in [6, 6.07) is 8.21. The van der Waals surface area contributed by atoms with Crippen molar-refractivity contribution < 1.29 is 8.42 Å². The van der Waals surface area contributed by atoms with Gasteiger partial charge in [-0.2, -0.15) is 0 Å². The van der Waals surface area contributed by atoms with Gasteiger partial charge in [0.15, 0.2) is 0 Å². The van der Waals surface area contributed by atoms with E-state index < -0.39 is 10.0 Å². The van der Waals surface area contributed by atoms with Gasteiger partial charge in [0.2, 0.25) is 10.0 Å². The van der Waals surface area contributed by atoms with Crippen LogP contribution in [0.4, 0.5) is 5.69 Å². The maximum atomic E-state index is 11.0. The molecule has 0 aliphatic carbocycles. The van der Waals surface area contributed by atoms with E-state index in [-0.39, 0.29) is 0 Å². The molecule has 0 spiro atoms. The van der Waals surface area contributed by atoms with E-state index in [1.165, 1.54) is 17.5 Å². The molecule has 1 aromatic carbocycles. The molecule has 0 fully saturated rings. The summed E-state index contributed by atoms with van der Waals surface area (Å²) in [7, 11) is 2.92. The summed E-state index contributed by atoms with van der Waals surface area (Å²) >= 11 is 0. The Hall–Kier alpha value is -1.11. The lowest BCUT2D eigenvalue weighted by Gasteiger charge is -2.22. The standard InChI is InChI=1S/C13H23N3O2S/c1-15(2)13-8-6-5-7-12(13)11-16(3)10-9-14-19(4,17)18/h5-8,14H,9-11H2,1-4H3.